The van der Waals surface area contributed by atoms with Gasteiger partial charge in [-0.3, -0.25) is 0 Å². The van der Waals surface area contributed by atoms with Crippen LogP contribution in [0.2, 0.25) is 18.1 Å². The summed E-state index contributed by atoms with van der Waals surface area (Å²) in [5.74, 6) is 1.29. The predicted octanol–water partition coefficient (Wildman–Crippen LogP) is 6.03. The van der Waals surface area contributed by atoms with Gasteiger partial charge in [0.25, 0.3) is 0 Å². The average Bonchev–Trinajstić information content (AvgIpc) is 2.40. The molecule has 0 aromatic carbocycles. The molecule has 0 radical (unpaired) electrons. The van der Waals surface area contributed by atoms with E-state index in [9.17, 15) is 0 Å². The highest BCUT2D eigenvalue weighted by molar-refractivity contribution is 6.73. The van der Waals surface area contributed by atoms with Crippen LogP contribution in [0.1, 0.15) is 61.3 Å². The molecule has 0 bridgehead atoms. The lowest BCUT2D eigenvalue weighted by atomic mass is 10.0. The van der Waals surface area contributed by atoms with E-state index in [4.69, 9.17) is 4.43 Å². The van der Waals surface area contributed by atoms with Gasteiger partial charge in [0.15, 0.2) is 8.32 Å². The van der Waals surface area contributed by atoms with Crippen molar-refractivity contribution in [2.75, 3.05) is 0 Å². The van der Waals surface area contributed by atoms with E-state index in [1.54, 1.807) is 0 Å². The van der Waals surface area contributed by atoms with Crippen molar-refractivity contribution in [2.24, 2.45) is 11.8 Å². The Morgan fingerprint density at radius 3 is 1.84 bits per heavy atom. The summed E-state index contributed by atoms with van der Waals surface area (Å²) < 4.78 is 6.64. The zero-order valence-electron chi connectivity index (χ0n) is 14.3. The minimum absolute atomic E-state index is 0.412. The van der Waals surface area contributed by atoms with Gasteiger partial charge in [-0.2, -0.15) is 0 Å². The van der Waals surface area contributed by atoms with E-state index in [0.29, 0.717) is 12.0 Å². The van der Waals surface area contributed by atoms with Crippen molar-refractivity contribution in [1.82, 2.24) is 0 Å². The zero-order chi connectivity index (χ0) is 14.9. The maximum absolute atomic E-state index is 6.64. The predicted molar refractivity (Wildman–Crippen MR) is 90.1 cm³/mol. The Morgan fingerprint density at radius 2 is 1.47 bits per heavy atom. The highest BCUT2D eigenvalue weighted by Gasteiger charge is 2.32. The van der Waals surface area contributed by atoms with E-state index in [1.807, 2.05) is 0 Å². The van der Waals surface area contributed by atoms with E-state index < -0.39 is 8.32 Å². The third-order valence-corrected chi connectivity index (χ3v) is 9.04. The highest BCUT2D eigenvalue weighted by Crippen LogP contribution is 2.27. The normalized spacial score (nSPS) is 16.2. The summed E-state index contributed by atoms with van der Waals surface area (Å²) in [6.45, 7) is 16.0. The third kappa shape index (κ3) is 6.76. The van der Waals surface area contributed by atoms with Gasteiger partial charge in [-0.15, -0.1) is 0 Å². The molecule has 0 aliphatic heterocycles. The zero-order valence-corrected chi connectivity index (χ0v) is 15.3. The maximum atomic E-state index is 6.64. The Labute approximate surface area is 123 Å². The summed E-state index contributed by atoms with van der Waals surface area (Å²) in [7, 11) is -1.46. The first-order chi connectivity index (χ1) is 8.94. The Morgan fingerprint density at radius 1 is 0.947 bits per heavy atom. The van der Waals surface area contributed by atoms with E-state index in [2.05, 4.69) is 60.6 Å². The molecule has 2 unspecified atom stereocenters. The van der Waals surface area contributed by atoms with Crippen molar-refractivity contribution in [2.45, 2.75) is 85.5 Å². The molecule has 114 valence electrons. The molecule has 1 nitrogen and oxygen atoms in total. The van der Waals surface area contributed by atoms with Crippen molar-refractivity contribution in [3.05, 3.63) is 12.2 Å². The number of allylic oxidation sites excluding steroid dienone is 1. The average molecular weight is 285 g/mol. The van der Waals surface area contributed by atoms with Crippen LogP contribution in [0, 0.1) is 11.8 Å². The van der Waals surface area contributed by atoms with Crippen LogP contribution in [0.15, 0.2) is 12.2 Å². The van der Waals surface area contributed by atoms with Gasteiger partial charge >= 0.3 is 0 Å². The highest BCUT2D eigenvalue weighted by atomic mass is 28.4. The van der Waals surface area contributed by atoms with Gasteiger partial charge in [0, 0.05) is 0 Å². The monoisotopic (exact) mass is 284 g/mol. The van der Waals surface area contributed by atoms with Crippen molar-refractivity contribution in [3.8, 4) is 0 Å². The second kappa shape index (κ2) is 9.76. The molecule has 0 rings (SSSR count). The first-order valence-corrected chi connectivity index (χ1v) is 10.8. The minimum Gasteiger partial charge on any atom is -0.413 e. The molecular weight excluding hydrogens is 248 g/mol. The number of rotatable bonds is 10. The van der Waals surface area contributed by atoms with Crippen LogP contribution in [0.3, 0.4) is 0 Å². The topological polar surface area (TPSA) is 9.23 Å². The number of hydrogen-bond acceptors (Lipinski definition) is 1. The van der Waals surface area contributed by atoms with Gasteiger partial charge in [-0.25, -0.2) is 0 Å². The molecule has 2 heteroatoms. The van der Waals surface area contributed by atoms with Crippen LogP contribution in [0.25, 0.3) is 0 Å². The van der Waals surface area contributed by atoms with E-state index in [1.165, 1.54) is 24.6 Å². The van der Waals surface area contributed by atoms with E-state index in [-0.39, 0.29) is 0 Å². The second-order valence-corrected chi connectivity index (χ2v) is 10.9. The van der Waals surface area contributed by atoms with Crippen LogP contribution in [-0.4, -0.2) is 14.4 Å². The SMILES string of the molecule is CCC(O[Si](CC)(CC)CC)C(C)/C=C/CC(C)C. The molecule has 0 aliphatic carbocycles. The quantitative estimate of drug-likeness (QED) is 0.352. The fraction of sp³-hybridized carbons (Fsp3) is 0.882. The van der Waals surface area contributed by atoms with Crippen LogP contribution >= 0.6 is 0 Å². The molecule has 2 atom stereocenters. The summed E-state index contributed by atoms with van der Waals surface area (Å²) in [5, 5.41) is 0. The Hall–Kier alpha value is -0.0831. The van der Waals surface area contributed by atoms with Crippen LogP contribution in [-0.2, 0) is 4.43 Å². The van der Waals surface area contributed by atoms with Gasteiger partial charge in [0.1, 0.15) is 0 Å². The smallest absolute Gasteiger partial charge is 0.192 e. The fourth-order valence-electron chi connectivity index (χ4n) is 2.57. The summed E-state index contributed by atoms with van der Waals surface area (Å²) in [6.07, 6.45) is 7.43. The van der Waals surface area contributed by atoms with Crippen LogP contribution < -0.4 is 0 Å². The lowest BCUT2D eigenvalue weighted by Crippen LogP contribution is -2.41. The molecule has 0 saturated carbocycles. The van der Waals surface area contributed by atoms with Gasteiger partial charge in [0.2, 0.25) is 0 Å². The van der Waals surface area contributed by atoms with E-state index >= 15 is 0 Å². The maximum Gasteiger partial charge on any atom is 0.192 e. The Balaban J connectivity index is 4.59. The molecule has 0 spiro atoms. The largest absolute Gasteiger partial charge is 0.413 e. The van der Waals surface area contributed by atoms with Gasteiger partial charge in [-0.05, 0) is 42.8 Å². The molecule has 0 N–H and O–H groups in total. The minimum atomic E-state index is -1.46. The Bertz CT molecular complexity index is 235. The molecular formula is C17H36OSi. The first kappa shape index (κ1) is 18.9. The number of hydrogen-bond donors (Lipinski definition) is 0. The molecule has 19 heavy (non-hydrogen) atoms. The molecule has 0 aliphatic rings. The van der Waals surface area contributed by atoms with Gasteiger partial charge in [0.05, 0.1) is 6.10 Å². The summed E-state index contributed by atoms with van der Waals surface area (Å²) >= 11 is 0. The van der Waals surface area contributed by atoms with E-state index in [0.717, 1.165) is 12.3 Å². The van der Waals surface area contributed by atoms with Crippen LogP contribution in [0.5, 0.6) is 0 Å². The van der Waals surface area contributed by atoms with Gasteiger partial charge in [-0.1, -0.05) is 60.6 Å². The summed E-state index contributed by atoms with van der Waals surface area (Å²) in [4.78, 5) is 0. The third-order valence-electron chi connectivity index (χ3n) is 4.37. The molecule has 0 saturated heterocycles. The molecule has 0 aromatic heterocycles. The van der Waals surface area contributed by atoms with Crippen molar-refractivity contribution in [3.63, 3.8) is 0 Å². The first-order valence-electron chi connectivity index (χ1n) is 8.29. The van der Waals surface area contributed by atoms with Crippen molar-refractivity contribution >= 4 is 8.32 Å². The standard InChI is InChI=1S/C17H36OSi/c1-8-17(16(7)14-12-13-15(5)6)18-19(9-2,10-3)11-4/h12,14-17H,8-11,13H2,1-7H3/b14-12+. The summed E-state index contributed by atoms with van der Waals surface area (Å²) in [5.41, 5.74) is 0. The second-order valence-electron chi connectivity index (χ2n) is 6.23. The molecule has 0 heterocycles. The van der Waals surface area contributed by atoms with Gasteiger partial charge < -0.3 is 4.43 Å². The summed E-state index contributed by atoms with van der Waals surface area (Å²) in [6, 6.07) is 3.75. The van der Waals surface area contributed by atoms with Crippen molar-refractivity contribution in [1.29, 1.82) is 0 Å². The lowest BCUT2D eigenvalue weighted by Gasteiger charge is -2.35. The van der Waals surface area contributed by atoms with Crippen molar-refractivity contribution < 1.29 is 4.43 Å². The molecule has 0 fully saturated rings. The molecule has 0 aromatic rings. The lowest BCUT2D eigenvalue weighted by molar-refractivity contribution is 0.146. The fourth-order valence-corrected chi connectivity index (χ4v) is 5.60. The Kier molecular flexibility index (Phi) is 9.72. The van der Waals surface area contributed by atoms with Crippen LogP contribution in [0.4, 0.5) is 0 Å². The molecule has 0 amide bonds.